The Labute approximate surface area is 190 Å². The molecule has 0 saturated heterocycles. The third-order valence-electron chi connectivity index (χ3n) is 6.01. The highest BCUT2D eigenvalue weighted by molar-refractivity contribution is 5.73. The summed E-state index contributed by atoms with van der Waals surface area (Å²) >= 11 is 0. The molecule has 0 radical (unpaired) electrons. The highest BCUT2D eigenvalue weighted by Gasteiger charge is 2.19. The molecule has 170 valence electrons. The molecule has 32 heavy (non-hydrogen) atoms. The summed E-state index contributed by atoms with van der Waals surface area (Å²) in [4.78, 5) is 21.4. The summed E-state index contributed by atoms with van der Waals surface area (Å²) < 4.78 is 7.49. The number of imidazole rings is 1. The molecule has 0 spiro atoms. The fourth-order valence-electron chi connectivity index (χ4n) is 4.47. The number of nitrogens with one attached hydrogen (secondary N) is 1. The van der Waals surface area contributed by atoms with Crippen molar-refractivity contribution >= 4 is 17.3 Å². The van der Waals surface area contributed by atoms with Crippen molar-refractivity contribution < 1.29 is 9.53 Å². The molecule has 0 unspecified atom stereocenters. The van der Waals surface area contributed by atoms with E-state index < -0.39 is 5.60 Å². The second-order valence-corrected chi connectivity index (χ2v) is 9.74. The number of carbonyl (C=O) groups is 1. The molecule has 1 saturated carbocycles. The number of alkyl carbamates (subject to hydrolysis) is 1. The first kappa shape index (κ1) is 22.3. The van der Waals surface area contributed by atoms with E-state index in [2.05, 4.69) is 39.1 Å². The van der Waals surface area contributed by atoms with Crippen molar-refractivity contribution in [3.8, 4) is 5.69 Å². The van der Waals surface area contributed by atoms with Gasteiger partial charge in [-0.05, 0) is 69.4 Å². The Morgan fingerprint density at radius 1 is 1.12 bits per heavy atom. The van der Waals surface area contributed by atoms with Crippen molar-refractivity contribution in [1.82, 2.24) is 19.9 Å². The van der Waals surface area contributed by atoms with Crippen molar-refractivity contribution in [2.75, 3.05) is 6.54 Å². The lowest BCUT2D eigenvalue weighted by atomic mass is 10.0. The molecule has 0 atom stereocenters. The zero-order valence-corrected chi connectivity index (χ0v) is 19.4. The van der Waals surface area contributed by atoms with Crippen LogP contribution in [0.1, 0.15) is 64.3 Å². The van der Waals surface area contributed by atoms with E-state index in [0.717, 1.165) is 47.0 Å². The number of carbonyl (C=O) groups excluding carboxylic acids is 1. The second kappa shape index (κ2) is 9.72. The van der Waals surface area contributed by atoms with Crippen LogP contribution in [0.3, 0.4) is 0 Å². The predicted molar refractivity (Wildman–Crippen MR) is 127 cm³/mol. The van der Waals surface area contributed by atoms with E-state index in [1.165, 1.54) is 32.1 Å². The van der Waals surface area contributed by atoms with Gasteiger partial charge in [0.2, 0.25) is 0 Å². The molecule has 0 bridgehead atoms. The minimum absolute atomic E-state index is 0.378. The normalized spacial score (nSPS) is 14.7. The highest BCUT2D eigenvalue weighted by Crippen LogP contribution is 2.30. The van der Waals surface area contributed by atoms with Crippen LogP contribution < -0.4 is 5.32 Å². The van der Waals surface area contributed by atoms with Gasteiger partial charge in [-0.15, -0.1) is 0 Å². The lowest BCUT2D eigenvalue weighted by molar-refractivity contribution is 0.0528. The summed E-state index contributed by atoms with van der Waals surface area (Å²) in [6, 6.07) is 12.5. The van der Waals surface area contributed by atoms with Gasteiger partial charge >= 0.3 is 6.09 Å². The molecular formula is C26H34N4O2. The molecule has 1 aliphatic carbocycles. The minimum Gasteiger partial charge on any atom is -0.444 e. The third kappa shape index (κ3) is 5.67. The van der Waals surface area contributed by atoms with E-state index in [1.807, 2.05) is 39.1 Å². The number of aromatic nitrogens is 3. The number of benzene rings is 1. The predicted octanol–water partition coefficient (Wildman–Crippen LogP) is 5.61. The Morgan fingerprint density at radius 3 is 2.59 bits per heavy atom. The van der Waals surface area contributed by atoms with Crippen LogP contribution in [0.4, 0.5) is 4.79 Å². The molecule has 1 fully saturated rings. The first-order valence-electron chi connectivity index (χ1n) is 11.8. The first-order valence-corrected chi connectivity index (χ1v) is 11.8. The van der Waals surface area contributed by atoms with Gasteiger partial charge in [0.15, 0.2) is 5.65 Å². The molecule has 6 nitrogen and oxygen atoms in total. The van der Waals surface area contributed by atoms with Crippen molar-refractivity contribution in [2.45, 2.75) is 71.3 Å². The van der Waals surface area contributed by atoms with E-state index in [9.17, 15) is 4.79 Å². The molecule has 3 aromatic rings. The van der Waals surface area contributed by atoms with Crippen molar-refractivity contribution in [3.63, 3.8) is 0 Å². The minimum atomic E-state index is -0.483. The number of fused-ring (bicyclic) bond motifs is 1. The average molecular weight is 435 g/mol. The van der Waals surface area contributed by atoms with Gasteiger partial charge < -0.3 is 10.1 Å². The van der Waals surface area contributed by atoms with E-state index in [4.69, 9.17) is 9.72 Å². The largest absolute Gasteiger partial charge is 0.444 e. The van der Waals surface area contributed by atoms with Gasteiger partial charge in [0.05, 0.1) is 0 Å². The number of pyridine rings is 1. The number of aryl methyl sites for hydroxylation is 1. The Morgan fingerprint density at radius 2 is 1.88 bits per heavy atom. The maximum atomic E-state index is 11.8. The van der Waals surface area contributed by atoms with Crippen LogP contribution in [0.25, 0.3) is 16.9 Å². The maximum Gasteiger partial charge on any atom is 0.407 e. The number of hydrogen-bond acceptors (Lipinski definition) is 4. The Balaban J connectivity index is 1.45. The van der Waals surface area contributed by atoms with Gasteiger partial charge in [-0.2, -0.15) is 0 Å². The molecule has 1 N–H and O–H groups in total. The van der Waals surface area contributed by atoms with Crippen molar-refractivity contribution in [2.24, 2.45) is 5.92 Å². The highest BCUT2D eigenvalue weighted by atomic mass is 16.6. The van der Waals surface area contributed by atoms with Gasteiger partial charge in [-0.1, -0.05) is 37.8 Å². The van der Waals surface area contributed by atoms with E-state index in [1.54, 1.807) is 0 Å². The third-order valence-corrected chi connectivity index (χ3v) is 6.01. The van der Waals surface area contributed by atoms with Crippen LogP contribution in [0.5, 0.6) is 0 Å². The second-order valence-electron chi connectivity index (χ2n) is 9.74. The monoisotopic (exact) mass is 434 g/mol. The van der Waals surface area contributed by atoms with Crippen LogP contribution >= 0.6 is 0 Å². The first-order chi connectivity index (χ1) is 15.4. The topological polar surface area (TPSA) is 69.0 Å². The van der Waals surface area contributed by atoms with Gasteiger partial charge in [0.1, 0.15) is 16.9 Å². The van der Waals surface area contributed by atoms with Crippen LogP contribution in [0, 0.1) is 5.92 Å². The van der Waals surface area contributed by atoms with Crippen LogP contribution in [-0.4, -0.2) is 32.8 Å². The number of rotatable bonds is 7. The van der Waals surface area contributed by atoms with Gasteiger partial charge in [-0.25, -0.2) is 14.8 Å². The SMILES string of the molecule is CC(C)(C)OC(=O)NCCc1ccc(-n2c(CCC3CCCC3)nc3cccnc32)cc1. The molecule has 1 aliphatic rings. The molecule has 1 amide bonds. The smallest absolute Gasteiger partial charge is 0.407 e. The molecule has 4 rings (SSSR count). The molecule has 0 aliphatic heterocycles. The molecule has 6 heteroatoms. The number of hydrogen-bond donors (Lipinski definition) is 1. The van der Waals surface area contributed by atoms with Crippen molar-refractivity contribution in [1.29, 1.82) is 0 Å². The lowest BCUT2D eigenvalue weighted by Gasteiger charge is -2.19. The van der Waals surface area contributed by atoms with Crippen LogP contribution in [-0.2, 0) is 17.6 Å². The molecule has 1 aromatic carbocycles. The van der Waals surface area contributed by atoms with Crippen molar-refractivity contribution in [3.05, 3.63) is 54.0 Å². The maximum absolute atomic E-state index is 11.8. The number of amides is 1. The fourth-order valence-corrected chi connectivity index (χ4v) is 4.47. The summed E-state index contributed by atoms with van der Waals surface area (Å²) in [6.07, 6.45) is 9.81. The zero-order valence-electron chi connectivity index (χ0n) is 19.4. The summed E-state index contributed by atoms with van der Waals surface area (Å²) in [5, 5.41) is 2.82. The fraction of sp³-hybridized carbons (Fsp3) is 0.500. The number of ether oxygens (including phenoxy) is 1. The van der Waals surface area contributed by atoms with E-state index in [0.29, 0.717) is 6.54 Å². The zero-order chi connectivity index (χ0) is 22.6. The van der Waals surface area contributed by atoms with Crippen LogP contribution in [0.2, 0.25) is 0 Å². The van der Waals surface area contributed by atoms with Crippen LogP contribution in [0.15, 0.2) is 42.6 Å². The molecule has 2 heterocycles. The summed E-state index contributed by atoms with van der Waals surface area (Å²) in [6.45, 7) is 6.13. The standard InChI is InChI=1S/C26H34N4O2/c1-26(2,3)32-25(31)28-18-16-20-10-13-21(14-11-20)30-23(15-12-19-7-4-5-8-19)29-22-9-6-17-27-24(22)30/h6,9-11,13-14,17,19H,4-5,7-8,12,15-16,18H2,1-3H3,(H,28,31). The lowest BCUT2D eigenvalue weighted by Crippen LogP contribution is -2.33. The average Bonchev–Trinajstić information content (AvgIpc) is 3.39. The Hall–Kier alpha value is -2.89. The van der Waals surface area contributed by atoms with Gasteiger partial charge in [0, 0.05) is 24.8 Å². The van der Waals surface area contributed by atoms with E-state index >= 15 is 0 Å². The molecular weight excluding hydrogens is 400 g/mol. The Bertz CT molecular complexity index is 1040. The van der Waals surface area contributed by atoms with Gasteiger partial charge in [0.25, 0.3) is 0 Å². The Kier molecular flexibility index (Phi) is 6.77. The molecule has 2 aromatic heterocycles. The van der Waals surface area contributed by atoms with E-state index in [-0.39, 0.29) is 6.09 Å². The summed E-state index contributed by atoms with van der Waals surface area (Å²) in [7, 11) is 0. The van der Waals surface area contributed by atoms with Gasteiger partial charge in [-0.3, -0.25) is 4.57 Å². The number of nitrogens with zero attached hydrogens (tertiary/aromatic N) is 3. The quantitative estimate of drug-likeness (QED) is 0.525. The summed E-state index contributed by atoms with van der Waals surface area (Å²) in [5.74, 6) is 1.92. The summed E-state index contributed by atoms with van der Waals surface area (Å²) in [5.41, 5.74) is 3.61.